The number of rotatable bonds is 23. The van der Waals surface area contributed by atoms with E-state index in [1.54, 1.807) is 41.5 Å². The van der Waals surface area contributed by atoms with Crippen LogP contribution in [-0.2, 0) is 28.8 Å². The number of guanidine groups is 1. The molecule has 0 fully saturated rings. The standard InChI is InChI=1S/C32H61N9O6/c1-9-27(44)39(18-15-35-23(4)5)21-25(42)36-16-19-40(28(45)10-2)22-26(43)37-17-20-41(29(46)11-3)24(30(47)32(6,7)8)13-12-14-38-31(33)34/h23-24,35H,9-22H2,1-8H3,(H,36,42)(H,37,43)(H4,33,34,38)/t24-/m0/s1. The Hall–Kier alpha value is -3.75. The minimum absolute atomic E-state index is 0.0497. The molecular formula is C32H61N9O6. The molecule has 270 valence electrons. The van der Waals surface area contributed by atoms with Gasteiger partial charge >= 0.3 is 0 Å². The van der Waals surface area contributed by atoms with Crippen molar-refractivity contribution in [2.45, 2.75) is 99.6 Å². The Bertz CT molecular complexity index is 1050. The number of carbonyl (C=O) groups is 6. The van der Waals surface area contributed by atoms with Crippen LogP contribution >= 0.6 is 0 Å². The first-order valence-corrected chi connectivity index (χ1v) is 16.7. The number of hydrogen-bond donors (Lipinski definition) is 5. The second-order valence-electron chi connectivity index (χ2n) is 12.7. The monoisotopic (exact) mass is 667 g/mol. The van der Waals surface area contributed by atoms with E-state index < -0.39 is 17.4 Å². The summed E-state index contributed by atoms with van der Waals surface area (Å²) < 4.78 is 0. The normalized spacial score (nSPS) is 11.8. The van der Waals surface area contributed by atoms with Crippen molar-refractivity contribution in [3.8, 4) is 0 Å². The zero-order valence-electron chi connectivity index (χ0n) is 29.9. The van der Waals surface area contributed by atoms with Gasteiger partial charge in [-0.2, -0.15) is 0 Å². The molecule has 0 spiro atoms. The maximum absolute atomic E-state index is 13.4. The fourth-order valence-corrected chi connectivity index (χ4v) is 4.70. The van der Waals surface area contributed by atoms with Gasteiger partial charge in [-0.1, -0.05) is 55.4 Å². The van der Waals surface area contributed by atoms with E-state index in [0.29, 0.717) is 32.5 Å². The highest BCUT2D eigenvalue weighted by atomic mass is 16.2. The lowest BCUT2D eigenvalue weighted by Crippen LogP contribution is -2.51. The van der Waals surface area contributed by atoms with Crippen molar-refractivity contribution in [1.82, 2.24) is 30.7 Å². The summed E-state index contributed by atoms with van der Waals surface area (Å²) in [6.07, 6.45) is 1.46. The van der Waals surface area contributed by atoms with Crippen LogP contribution in [0.4, 0.5) is 0 Å². The maximum Gasteiger partial charge on any atom is 0.239 e. The molecule has 15 heteroatoms. The van der Waals surface area contributed by atoms with Gasteiger partial charge in [0, 0.05) is 76.5 Å². The van der Waals surface area contributed by atoms with Gasteiger partial charge in [0.1, 0.15) is 0 Å². The van der Waals surface area contributed by atoms with Gasteiger partial charge < -0.3 is 42.1 Å². The SMILES string of the molecule is CCC(=O)N(CCNC(=O)CN(CCNC(C)C)C(=O)CC)CC(=O)NCCN(C(=O)CC)[C@@H](CCCN=C(N)N)C(=O)C(C)(C)C. The van der Waals surface area contributed by atoms with Gasteiger partial charge in [0.2, 0.25) is 29.5 Å². The Balaban J connectivity index is 5.29. The quantitative estimate of drug-likeness (QED) is 0.0562. The van der Waals surface area contributed by atoms with Gasteiger partial charge in [0.05, 0.1) is 19.1 Å². The van der Waals surface area contributed by atoms with Crippen molar-refractivity contribution >= 4 is 41.3 Å². The Labute approximate surface area is 281 Å². The highest BCUT2D eigenvalue weighted by molar-refractivity contribution is 5.92. The summed E-state index contributed by atoms with van der Waals surface area (Å²) in [6.45, 7) is 15.8. The van der Waals surface area contributed by atoms with Crippen LogP contribution in [0.5, 0.6) is 0 Å². The number of Topliss-reactive ketones (excluding diaryl/α,β-unsaturated/α-hetero) is 1. The first kappa shape index (κ1) is 43.2. The number of ketones is 1. The summed E-state index contributed by atoms with van der Waals surface area (Å²) in [5.41, 5.74) is 10.1. The largest absolute Gasteiger partial charge is 0.370 e. The fraction of sp³-hybridized carbons (Fsp3) is 0.781. The van der Waals surface area contributed by atoms with E-state index >= 15 is 0 Å². The summed E-state index contributed by atoms with van der Waals surface area (Å²) in [7, 11) is 0. The molecule has 15 nitrogen and oxygen atoms in total. The Kier molecular flexibility index (Phi) is 20.9. The number of hydrogen-bond acceptors (Lipinski definition) is 8. The van der Waals surface area contributed by atoms with E-state index in [1.165, 1.54) is 14.7 Å². The van der Waals surface area contributed by atoms with Gasteiger partial charge in [-0.3, -0.25) is 33.8 Å². The molecule has 0 aromatic rings. The van der Waals surface area contributed by atoms with Gasteiger partial charge in [-0.25, -0.2) is 0 Å². The molecule has 0 aliphatic carbocycles. The topological polar surface area (TPSA) is 213 Å². The van der Waals surface area contributed by atoms with E-state index in [9.17, 15) is 28.8 Å². The summed E-state index contributed by atoms with van der Waals surface area (Å²) in [5, 5.41) is 8.72. The molecule has 1 atom stereocenters. The number of nitrogens with one attached hydrogen (secondary N) is 3. The molecule has 7 N–H and O–H groups in total. The Morgan fingerprint density at radius 2 is 1.19 bits per heavy atom. The van der Waals surface area contributed by atoms with Gasteiger partial charge in [-0.05, 0) is 12.8 Å². The van der Waals surface area contributed by atoms with Crippen LogP contribution in [0, 0.1) is 5.41 Å². The maximum atomic E-state index is 13.4. The van der Waals surface area contributed by atoms with Crippen molar-refractivity contribution in [3.63, 3.8) is 0 Å². The Morgan fingerprint density at radius 1 is 0.723 bits per heavy atom. The average molecular weight is 668 g/mol. The summed E-state index contributed by atoms with van der Waals surface area (Å²) >= 11 is 0. The second kappa shape index (κ2) is 22.7. The molecule has 0 rings (SSSR count). The first-order valence-electron chi connectivity index (χ1n) is 16.7. The summed E-state index contributed by atoms with van der Waals surface area (Å²) in [4.78, 5) is 85.0. The molecule has 0 heterocycles. The van der Waals surface area contributed by atoms with E-state index in [4.69, 9.17) is 11.5 Å². The second-order valence-corrected chi connectivity index (χ2v) is 12.7. The number of nitrogens with zero attached hydrogens (tertiary/aromatic N) is 4. The smallest absolute Gasteiger partial charge is 0.239 e. The number of amides is 5. The molecule has 0 saturated heterocycles. The molecule has 5 amide bonds. The van der Waals surface area contributed by atoms with Crippen molar-refractivity contribution in [3.05, 3.63) is 0 Å². The van der Waals surface area contributed by atoms with Gasteiger partial charge in [0.15, 0.2) is 11.7 Å². The lowest BCUT2D eigenvalue weighted by atomic mass is 9.84. The van der Waals surface area contributed by atoms with Crippen LogP contribution in [0.2, 0.25) is 0 Å². The van der Waals surface area contributed by atoms with E-state index in [-0.39, 0.29) is 99.9 Å². The van der Waals surface area contributed by atoms with Crippen molar-refractivity contribution in [1.29, 1.82) is 0 Å². The predicted molar refractivity (Wildman–Crippen MR) is 183 cm³/mol. The van der Waals surface area contributed by atoms with E-state index in [1.807, 2.05) is 13.8 Å². The predicted octanol–water partition coefficient (Wildman–Crippen LogP) is -0.0300. The van der Waals surface area contributed by atoms with Gasteiger partial charge in [-0.15, -0.1) is 0 Å². The van der Waals surface area contributed by atoms with E-state index in [2.05, 4.69) is 20.9 Å². The van der Waals surface area contributed by atoms with Gasteiger partial charge in [0.25, 0.3) is 0 Å². The third-order valence-corrected chi connectivity index (χ3v) is 7.26. The third kappa shape index (κ3) is 18.2. The average Bonchev–Trinajstić information content (AvgIpc) is 3.00. The lowest BCUT2D eigenvalue weighted by Gasteiger charge is -2.34. The zero-order chi connectivity index (χ0) is 36.2. The lowest BCUT2D eigenvalue weighted by molar-refractivity contribution is -0.143. The van der Waals surface area contributed by atoms with Crippen molar-refractivity contribution < 1.29 is 28.8 Å². The number of aliphatic imine (C=N–C) groups is 1. The summed E-state index contributed by atoms with van der Waals surface area (Å²) in [6, 6.07) is -0.465. The van der Waals surface area contributed by atoms with Crippen molar-refractivity contribution in [2.75, 3.05) is 58.9 Å². The molecule has 0 aliphatic rings. The minimum atomic E-state index is -0.717. The summed E-state index contributed by atoms with van der Waals surface area (Å²) in [5.74, 6) is -1.58. The molecule has 0 unspecified atom stereocenters. The highest BCUT2D eigenvalue weighted by Crippen LogP contribution is 2.23. The third-order valence-electron chi connectivity index (χ3n) is 7.26. The highest BCUT2D eigenvalue weighted by Gasteiger charge is 2.35. The molecule has 0 bridgehead atoms. The van der Waals surface area contributed by atoms with Crippen molar-refractivity contribution in [2.24, 2.45) is 21.9 Å². The number of nitrogens with two attached hydrogens (primary N) is 2. The first-order chi connectivity index (χ1) is 22.0. The minimum Gasteiger partial charge on any atom is -0.370 e. The van der Waals surface area contributed by atoms with E-state index in [0.717, 1.165) is 0 Å². The molecule has 0 saturated carbocycles. The van der Waals surface area contributed by atoms with Crippen LogP contribution < -0.4 is 27.4 Å². The van der Waals surface area contributed by atoms with Crippen LogP contribution in [-0.4, -0.2) is 127 Å². The molecule has 0 aliphatic heterocycles. The fourth-order valence-electron chi connectivity index (χ4n) is 4.70. The van der Waals surface area contributed by atoms with Crippen LogP contribution in [0.25, 0.3) is 0 Å². The van der Waals surface area contributed by atoms with Crippen LogP contribution in [0.3, 0.4) is 0 Å². The molecule has 0 aromatic carbocycles. The van der Waals surface area contributed by atoms with Crippen LogP contribution in [0.1, 0.15) is 87.5 Å². The molecular weight excluding hydrogens is 606 g/mol. The zero-order valence-corrected chi connectivity index (χ0v) is 29.9. The Morgan fingerprint density at radius 3 is 1.62 bits per heavy atom. The molecule has 0 aromatic heterocycles. The number of carbonyl (C=O) groups excluding carboxylic acids is 6. The van der Waals surface area contributed by atoms with Crippen LogP contribution in [0.15, 0.2) is 4.99 Å². The molecule has 0 radical (unpaired) electrons. The molecule has 47 heavy (non-hydrogen) atoms.